The van der Waals surface area contributed by atoms with Crippen LogP contribution in [0.25, 0.3) is 0 Å². The minimum absolute atomic E-state index is 0.721. The lowest BCUT2D eigenvalue weighted by atomic mass is 9.85. The van der Waals surface area contributed by atoms with Crippen LogP contribution in [-0.2, 0) is 0 Å². The SMILES string of the molecule is CSCCNC(C)CCC1CCCCC1. The van der Waals surface area contributed by atoms with Crippen LogP contribution in [-0.4, -0.2) is 24.6 Å². The van der Waals surface area contributed by atoms with Crippen LogP contribution < -0.4 is 5.32 Å². The van der Waals surface area contributed by atoms with Crippen molar-refractivity contribution in [1.29, 1.82) is 0 Å². The van der Waals surface area contributed by atoms with Crippen molar-refractivity contribution in [3.63, 3.8) is 0 Å². The fraction of sp³-hybridized carbons (Fsp3) is 1.00. The third-order valence-corrected chi connectivity index (χ3v) is 4.14. The highest BCUT2D eigenvalue weighted by atomic mass is 32.2. The molecule has 15 heavy (non-hydrogen) atoms. The molecule has 2 heteroatoms. The topological polar surface area (TPSA) is 12.0 Å². The van der Waals surface area contributed by atoms with Crippen molar-refractivity contribution in [3.05, 3.63) is 0 Å². The highest BCUT2D eigenvalue weighted by molar-refractivity contribution is 7.98. The van der Waals surface area contributed by atoms with Gasteiger partial charge < -0.3 is 5.32 Å². The average Bonchev–Trinajstić information content (AvgIpc) is 2.28. The monoisotopic (exact) mass is 229 g/mol. The summed E-state index contributed by atoms with van der Waals surface area (Å²) in [5.74, 6) is 2.29. The fourth-order valence-electron chi connectivity index (χ4n) is 2.47. The zero-order valence-electron chi connectivity index (χ0n) is 10.4. The summed E-state index contributed by atoms with van der Waals surface area (Å²) in [4.78, 5) is 0. The lowest BCUT2D eigenvalue weighted by molar-refractivity contribution is 0.318. The van der Waals surface area contributed by atoms with Crippen molar-refractivity contribution in [2.75, 3.05) is 18.6 Å². The third kappa shape index (κ3) is 6.47. The van der Waals surface area contributed by atoms with E-state index in [1.807, 2.05) is 11.8 Å². The van der Waals surface area contributed by atoms with E-state index in [1.165, 1.54) is 57.2 Å². The van der Waals surface area contributed by atoms with E-state index in [-0.39, 0.29) is 0 Å². The molecule has 1 fully saturated rings. The van der Waals surface area contributed by atoms with E-state index in [0.717, 1.165) is 12.0 Å². The van der Waals surface area contributed by atoms with Gasteiger partial charge in [0.05, 0.1) is 0 Å². The van der Waals surface area contributed by atoms with Crippen molar-refractivity contribution in [2.45, 2.75) is 57.9 Å². The summed E-state index contributed by atoms with van der Waals surface area (Å²) in [7, 11) is 0. The van der Waals surface area contributed by atoms with Crippen molar-refractivity contribution in [3.8, 4) is 0 Å². The zero-order chi connectivity index (χ0) is 10.9. The number of nitrogens with one attached hydrogen (secondary N) is 1. The van der Waals surface area contributed by atoms with Crippen LogP contribution in [0.15, 0.2) is 0 Å². The molecule has 1 unspecified atom stereocenters. The molecule has 0 spiro atoms. The number of thioether (sulfide) groups is 1. The van der Waals surface area contributed by atoms with Gasteiger partial charge in [0.2, 0.25) is 0 Å². The lowest BCUT2D eigenvalue weighted by Crippen LogP contribution is -2.28. The Balaban J connectivity index is 1.97. The molecule has 90 valence electrons. The molecule has 0 aromatic rings. The quantitative estimate of drug-likeness (QED) is 0.668. The molecule has 1 atom stereocenters. The van der Waals surface area contributed by atoms with E-state index in [2.05, 4.69) is 18.5 Å². The van der Waals surface area contributed by atoms with Crippen LogP contribution >= 0.6 is 11.8 Å². The molecule has 0 saturated heterocycles. The minimum atomic E-state index is 0.721. The summed E-state index contributed by atoms with van der Waals surface area (Å²) in [5.41, 5.74) is 0. The first-order chi connectivity index (χ1) is 7.33. The third-order valence-electron chi connectivity index (χ3n) is 3.53. The fourth-order valence-corrected chi connectivity index (χ4v) is 2.79. The number of rotatable bonds is 7. The maximum atomic E-state index is 3.60. The molecule has 0 bridgehead atoms. The lowest BCUT2D eigenvalue weighted by Gasteiger charge is -2.23. The van der Waals surface area contributed by atoms with Gasteiger partial charge in [0.25, 0.3) is 0 Å². The van der Waals surface area contributed by atoms with E-state index >= 15 is 0 Å². The van der Waals surface area contributed by atoms with E-state index < -0.39 is 0 Å². The number of hydrogen-bond acceptors (Lipinski definition) is 2. The predicted octanol–water partition coefficient (Wildman–Crippen LogP) is 3.69. The van der Waals surface area contributed by atoms with Gasteiger partial charge in [0.1, 0.15) is 0 Å². The Kier molecular flexibility index (Phi) is 7.54. The Morgan fingerprint density at radius 2 is 2.00 bits per heavy atom. The van der Waals surface area contributed by atoms with Crippen LogP contribution in [0.4, 0.5) is 0 Å². The van der Waals surface area contributed by atoms with Crippen LogP contribution in [0.1, 0.15) is 51.9 Å². The second kappa shape index (κ2) is 8.46. The molecule has 0 heterocycles. The Bertz CT molecular complexity index is 143. The summed E-state index contributed by atoms with van der Waals surface area (Å²) in [5, 5.41) is 3.60. The highest BCUT2D eigenvalue weighted by Crippen LogP contribution is 2.27. The van der Waals surface area contributed by atoms with Gasteiger partial charge in [-0.1, -0.05) is 32.1 Å². The Morgan fingerprint density at radius 1 is 1.27 bits per heavy atom. The van der Waals surface area contributed by atoms with Crippen molar-refractivity contribution in [2.24, 2.45) is 5.92 Å². The van der Waals surface area contributed by atoms with Crippen LogP contribution in [0.3, 0.4) is 0 Å². The molecule has 0 aromatic heterocycles. The van der Waals surface area contributed by atoms with Gasteiger partial charge in [-0.05, 0) is 31.9 Å². The first kappa shape index (κ1) is 13.4. The van der Waals surface area contributed by atoms with Gasteiger partial charge in [-0.2, -0.15) is 11.8 Å². The molecule has 1 aliphatic rings. The smallest absolute Gasteiger partial charge is 0.00554 e. The second-order valence-electron chi connectivity index (χ2n) is 4.93. The van der Waals surface area contributed by atoms with Gasteiger partial charge in [0.15, 0.2) is 0 Å². The first-order valence-corrected chi connectivity index (χ1v) is 7.94. The maximum absolute atomic E-state index is 3.60. The Labute approximate surface area is 99.8 Å². The van der Waals surface area contributed by atoms with E-state index in [0.29, 0.717) is 0 Å². The van der Waals surface area contributed by atoms with E-state index in [1.54, 1.807) is 0 Å². The predicted molar refractivity (Wildman–Crippen MR) is 71.7 cm³/mol. The highest BCUT2D eigenvalue weighted by Gasteiger charge is 2.14. The van der Waals surface area contributed by atoms with Crippen molar-refractivity contribution < 1.29 is 0 Å². The largest absolute Gasteiger partial charge is 0.313 e. The summed E-state index contributed by atoms with van der Waals surface area (Å²) in [6.07, 6.45) is 12.5. The van der Waals surface area contributed by atoms with Gasteiger partial charge in [0, 0.05) is 18.3 Å². The van der Waals surface area contributed by atoms with Crippen molar-refractivity contribution >= 4 is 11.8 Å². The molecule has 1 saturated carbocycles. The second-order valence-corrected chi connectivity index (χ2v) is 5.91. The van der Waals surface area contributed by atoms with Crippen molar-refractivity contribution in [1.82, 2.24) is 5.32 Å². The standard InChI is InChI=1S/C13H27NS/c1-12(14-10-11-15-2)8-9-13-6-4-3-5-7-13/h12-14H,3-11H2,1-2H3. The molecule has 1 aliphatic carbocycles. The average molecular weight is 229 g/mol. The minimum Gasteiger partial charge on any atom is -0.313 e. The Morgan fingerprint density at radius 3 is 2.67 bits per heavy atom. The molecule has 1 N–H and O–H groups in total. The molecule has 0 radical (unpaired) electrons. The van der Waals surface area contributed by atoms with Crippen LogP contribution in [0.2, 0.25) is 0 Å². The van der Waals surface area contributed by atoms with Gasteiger partial charge in [-0.15, -0.1) is 0 Å². The molecule has 0 amide bonds. The van der Waals surface area contributed by atoms with Crippen LogP contribution in [0.5, 0.6) is 0 Å². The summed E-state index contributed by atoms with van der Waals surface area (Å²) in [6, 6.07) is 0.721. The summed E-state index contributed by atoms with van der Waals surface area (Å²) in [6.45, 7) is 3.51. The molecular formula is C13H27NS. The number of hydrogen-bond donors (Lipinski definition) is 1. The van der Waals surface area contributed by atoms with Gasteiger partial charge in [-0.3, -0.25) is 0 Å². The van der Waals surface area contributed by atoms with E-state index in [9.17, 15) is 0 Å². The summed E-state index contributed by atoms with van der Waals surface area (Å²) < 4.78 is 0. The zero-order valence-corrected chi connectivity index (χ0v) is 11.2. The van der Waals surface area contributed by atoms with Gasteiger partial charge >= 0.3 is 0 Å². The first-order valence-electron chi connectivity index (χ1n) is 6.55. The molecule has 0 aromatic carbocycles. The molecular weight excluding hydrogens is 202 g/mol. The van der Waals surface area contributed by atoms with Gasteiger partial charge in [-0.25, -0.2) is 0 Å². The van der Waals surface area contributed by atoms with Crippen LogP contribution in [0, 0.1) is 5.92 Å². The molecule has 0 aliphatic heterocycles. The Hall–Kier alpha value is 0.310. The summed E-state index contributed by atoms with van der Waals surface area (Å²) >= 11 is 1.93. The maximum Gasteiger partial charge on any atom is 0.00554 e. The molecule has 1 rings (SSSR count). The molecule has 1 nitrogen and oxygen atoms in total. The normalized spacial score (nSPS) is 20.4. The van der Waals surface area contributed by atoms with E-state index in [4.69, 9.17) is 0 Å².